The molecule has 0 aliphatic rings. The lowest BCUT2D eigenvalue weighted by atomic mass is 10.1. The Morgan fingerprint density at radius 3 is 2.80 bits per heavy atom. The van der Waals surface area contributed by atoms with Crippen LogP contribution in [-0.4, -0.2) is 5.78 Å². The molecule has 0 atom stereocenters. The van der Waals surface area contributed by atoms with E-state index in [-0.39, 0.29) is 11.6 Å². The summed E-state index contributed by atoms with van der Waals surface area (Å²) in [6.07, 6.45) is 0.301. The fourth-order valence-corrected chi connectivity index (χ4v) is 3.26. The Labute approximate surface area is 124 Å². The molecule has 0 spiro atoms. The Bertz CT molecular complexity index is 794. The summed E-state index contributed by atoms with van der Waals surface area (Å²) in [5, 5.41) is 1.39. The monoisotopic (exact) mass is 304 g/mol. The van der Waals surface area contributed by atoms with Gasteiger partial charge in [-0.05, 0) is 47.3 Å². The van der Waals surface area contributed by atoms with E-state index in [0.29, 0.717) is 16.3 Å². The fraction of sp³-hybridized carbons (Fsp3) is 0.0625. The summed E-state index contributed by atoms with van der Waals surface area (Å²) in [4.78, 5) is 12.9. The number of thiophene rings is 1. The lowest BCUT2D eigenvalue weighted by Gasteiger charge is -1.99. The molecular weight excluding hydrogens is 295 g/mol. The summed E-state index contributed by atoms with van der Waals surface area (Å²) in [6.45, 7) is 0. The van der Waals surface area contributed by atoms with Gasteiger partial charge in [-0.1, -0.05) is 23.7 Å². The molecule has 3 aromatic rings. The van der Waals surface area contributed by atoms with Gasteiger partial charge in [0, 0.05) is 16.1 Å². The largest absolute Gasteiger partial charge is 0.293 e. The average molecular weight is 305 g/mol. The molecule has 2 aromatic carbocycles. The minimum Gasteiger partial charge on any atom is -0.293 e. The van der Waals surface area contributed by atoms with Crippen molar-refractivity contribution in [3.63, 3.8) is 0 Å². The second-order valence-corrected chi connectivity index (χ2v) is 6.04. The highest BCUT2D eigenvalue weighted by atomic mass is 35.5. The van der Waals surface area contributed by atoms with Crippen LogP contribution >= 0.6 is 22.9 Å². The zero-order valence-corrected chi connectivity index (χ0v) is 12.0. The number of Topliss-reactive ketones (excluding diaryl/α,β-unsaturated/α-hetero) is 1. The first-order chi connectivity index (χ1) is 9.61. The predicted octanol–water partition coefficient (Wildman–Crippen LogP) is 5.12. The molecule has 1 heterocycles. The van der Waals surface area contributed by atoms with Crippen LogP contribution in [0.2, 0.25) is 5.02 Å². The first-order valence-electron chi connectivity index (χ1n) is 6.08. The van der Waals surface area contributed by atoms with Gasteiger partial charge in [0.2, 0.25) is 0 Å². The molecule has 0 radical (unpaired) electrons. The van der Waals surface area contributed by atoms with Crippen LogP contribution in [-0.2, 0) is 6.42 Å². The van der Waals surface area contributed by atoms with Crippen LogP contribution in [0.1, 0.15) is 15.2 Å². The molecule has 3 rings (SSSR count). The van der Waals surface area contributed by atoms with E-state index in [1.165, 1.54) is 23.5 Å². The Morgan fingerprint density at radius 2 is 2.00 bits per heavy atom. The summed E-state index contributed by atoms with van der Waals surface area (Å²) in [5.41, 5.74) is 0.881. The molecule has 0 N–H and O–H groups in total. The van der Waals surface area contributed by atoms with E-state index < -0.39 is 0 Å². The van der Waals surface area contributed by atoms with Gasteiger partial charge in [-0.15, -0.1) is 11.3 Å². The van der Waals surface area contributed by atoms with Crippen molar-refractivity contribution in [1.29, 1.82) is 0 Å². The van der Waals surface area contributed by atoms with Crippen LogP contribution in [0, 0.1) is 5.82 Å². The zero-order chi connectivity index (χ0) is 14.1. The van der Waals surface area contributed by atoms with E-state index in [4.69, 9.17) is 11.6 Å². The Morgan fingerprint density at radius 1 is 1.15 bits per heavy atom. The van der Waals surface area contributed by atoms with Gasteiger partial charge >= 0.3 is 0 Å². The number of hydrogen-bond donors (Lipinski definition) is 0. The number of rotatable bonds is 3. The van der Waals surface area contributed by atoms with Crippen molar-refractivity contribution in [2.45, 2.75) is 6.42 Å². The molecule has 0 saturated heterocycles. The van der Waals surface area contributed by atoms with Gasteiger partial charge in [0.1, 0.15) is 5.82 Å². The SMILES string of the molecule is O=C(Cc1cccc(Cl)c1)c1cc2cc(F)ccc2s1. The van der Waals surface area contributed by atoms with Crippen molar-refractivity contribution < 1.29 is 9.18 Å². The first-order valence-corrected chi connectivity index (χ1v) is 7.28. The third-order valence-electron chi connectivity index (χ3n) is 3.01. The molecule has 0 aliphatic heterocycles. The van der Waals surface area contributed by atoms with Gasteiger partial charge in [-0.2, -0.15) is 0 Å². The van der Waals surface area contributed by atoms with Crippen LogP contribution in [0.25, 0.3) is 10.1 Å². The maximum Gasteiger partial charge on any atom is 0.177 e. The minimum atomic E-state index is -0.288. The first kappa shape index (κ1) is 13.3. The molecule has 0 unspecified atom stereocenters. The Balaban J connectivity index is 1.88. The maximum absolute atomic E-state index is 13.1. The van der Waals surface area contributed by atoms with Crippen LogP contribution in [0.3, 0.4) is 0 Å². The molecule has 0 saturated carbocycles. The van der Waals surface area contributed by atoms with Crippen molar-refractivity contribution in [1.82, 2.24) is 0 Å². The molecule has 0 amide bonds. The lowest BCUT2D eigenvalue weighted by molar-refractivity contribution is 0.0997. The predicted molar refractivity (Wildman–Crippen MR) is 81.3 cm³/mol. The highest BCUT2D eigenvalue weighted by Crippen LogP contribution is 2.27. The number of ketones is 1. The summed E-state index contributed by atoms with van der Waals surface area (Å²) >= 11 is 7.29. The number of hydrogen-bond acceptors (Lipinski definition) is 2. The second-order valence-electron chi connectivity index (χ2n) is 4.52. The summed E-state index contributed by atoms with van der Waals surface area (Å²) in [6, 6.07) is 13.6. The number of benzene rings is 2. The number of fused-ring (bicyclic) bond motifs is 1. The topological polar surface area (TPSA) is 17.1 Å². The van der Waals surface area contributed by atoms with Gasteiger partial charge in [-0.3, -0.25) is 4.79 Å². The summed E-state index contributed by atoms with van der Waals surface area (Å²) in [7, 11) is 0. The second kappa shape index (κ2) is 5.35. The normalized spacial score (nSPS) is 10.9. The van der Waals surface area contributed by atoms with Crippen LogP contribution in [0.15, 0.2) is 48.5 Å². The Hall–Kier alpha value is -1.71. The van der Waals surface area contributed by atoms with E-state index in [0.717, 1.165) is 15.6 Å². The van der Waals surface area contributed by atoms with Crippen molar-refractivity contribution in [2.24, 2.45) is 0 Å². The molecule has 1 aromatic heterocycles. The lowest BCUT2D eigenvalue weighted by Crippen LogP contribution is -2.00. The van der Waals surface area contributed by atoms with Crippen LogP contribution in [0.4, 0.5) is 4.39 Å². The quantitative estimate of drug-likeness (QED) is 0.614. The molecule has 4 heteroatoms. The van der Waals surface area contributed by atoms with Gasteiger partial charge in [0.05, 0.1) is 4.88 Å². The number of carbonyl (C=O) groups is 1. The fourth-order valence-electron chi connectivity index (χ4n) is 2.07. The van der Waals surface area contributed by atoms with E-state index >= 15 is 0 Å². The molecule has 20 heavy (non-hydrogen) atoms. The zero-order valence-electron chi connectivity index (χ0n) is 10.4. The molecular formula is C16H10ClFOS. The van der Waals surface area contributed by atoms with Gasteiger partial charge in [0.15, 0.2) is 5.78 Å². The van der Waals surface area contributed by atoms with Crippen LogP contribution in [0.5, 0.6) is 0 Å². The van der Waals surface area contributed by atoms with Crippen molar-refractivity contribution in [3.05, 3.63) is 69.8 Å². The third kappa shape index (κ3) is 2.74. The van der Waals surface area contributed by atoms with Crippen molar-refractivity contribution >= 4 is 38.8 Å². The van der Waals surface area contributed by atoms with E-state index in [1.807, 2.05) is 12.1 Å². The van der Waals surface area contributed by atoms with E-state index in [1.54, 1.807) is 24.3 Å². The Kier molecular flexibility index (Phi) is 3.55. The maximum atomic E-state index is 13.1. The highest BCUT2D eigenvalue weighted by molar-refractivity contribution is 7.20. The van der Waals surface area contributed by atoms with Gasteiger partial charge < -0.3 is 0 Å². The third-order valence-corrected chi connectivity index (χ3v) is 4.40. The summed E-state index contributed by atoms with van der Waals surface area (Å²) < 4.78 is 14.1. The molecule has 1 nitrogen and oxygen atoms in total. The van der Waals surface area contributed by atoms with Crippen molar-refractivity contribution in [2.75, 3.05) is 0 Å². The van der Waals surface area contributed by atoms with E-state index in [2.05, 4.69) is 0 Å². The van der Waals surface area contributed by atoms with Crippen molar-refractivity contribution in [3.8, 4) is 0 Å². The number of carbonyl (C=O) groups excluding carboxylic acids is 1. The average Bonchev–Trinajstić information content (AvgIpc) is 2.81. The number of halogens is 2. The summed E-state index contributed by atoms with van der Waals surface area (Å²) in [5.74, 6) is -0.266. The standard InChI is InChI=1S/C16H10ClFOS/c17-12-3-1-2-10(6-12)7-14(19)16-9-11-8-13(18)4-5-15(11)20-16/h1-6,8-9H,7H2. The molecule has 100 valence electrons. The minimum absolute atomic E-state index is 0.0221. The highest BCUT2D eigenvalue weighted by Gasteiger charge is 2.11. The smallest absolute Gasteiger partial charge is 0.177 e. The van der Waals surface area contributed by atoms with Gasteiger partial charge in [0.25, 0.3) is 0 Å². The molecule has 0 bridgehead atoms. The molecule has 0 fully saturated rings. The van der Waals surface area contributed by atoms with Crippen LogP contribution < -0.4 is 0 Å². The van der Waals surface area contributed by atoms with E-state index in [9.17, 15) is 9.18 Å². The van der Waals surface area contributed by atoms with Gasteiger partial charge in [-0.25, -0.2) is 4.39 Å². The molecule has 0 aliphatic carbocycles.